The standard InChI is InChI=1S/C14H21FN2O/c15-14-4-2-13(3-5-14)12-17-9-7-16(8-10-17)6-1-11-18/h2-5,18H,1,6-12H2. The highest BCUT2D eigenvalue weighted by molar-refractivity contribution is 5.15. The number of benzene rings is 1. The SMILES string of the molecule is OCCCN1CCN(Cc2ccc(F)cc2)CC1. The molecule has 100 valence electrons. The second-order valence-electron chi connectivity index (χ2n) is 4.82. The van der Waals surface area contributed by atoms with Crippen LogP contribution in [0.2, 0.25) is 0 Å². The van der Waals surface area contributed by atoms with Gasteiger partial charge in [0.2, 0.25) is 0 Å². The highest BCUT2D eigenvalue weighted by atomic mass is 19.1. The molecular weight excluding hydrogens is 231 g/mol. The van der Waals surface area contributed by atoms with Gasteiger partial charge < -0.3 is 10.0 Å². The predicted molar refractivity (Wildman–Crippen MR) is 69.8 cm³/mol. The van der Waals surface area contributed by atoms with Crippen LogP contribution < -0.4 is 0 Å². The van der Waals surface area contributed by atoms with Gasteiger partial charge in [0, 0.05) is 45.9 Å². The van der Waals surface area contributed by atoms with Crippen molar-refractivity contribution in [2.24, 2.45) is 0 Å². The Hall–Kier alpha value is -0.970. The number of piperazine rings is 1. The largest absolute Gasteiger partial charge is 0.396 e. The van der Waals surface area contributed by atoms with E-state index < -0.39 is 0 Å². The van der Waals surface area contributed by atoms with E-state index in [4.69, 9.17) is 5.11 Å². The molecule has 2 rings (SSSR count). The maximum Gasteiger partial charge on any atom is 0.123 e. The number of nitrogens with zero attached hydrogens (tertiary/aromatic N) is 2. The fourth-order valence-corrected chi connectivity index (χ4v) is 2.31. The fourth-order valence-electron chi connectivity index (χ4n) is 2.31. The topological polar surface area (TPSA) is 26.7 Å². The molecule has 1 heterocycles. The summed E-state index contributed by atoms with van der Waals surface area (Å²) in [4.78, 5) is 4.78. The Labute approximate surface area is 108 Å². The molecule has 0 amide bonds. The highest BCUT2D eigenvalue weighted by Crippen LogP contribution is 2.09. The van der Waals surface area contributed by atoms with Crippen molar-refractivity contribution in [1.82, 2.24) is 9.80 Å². The Balaban J connectivity index is 1.74. The van der Waals surface area contributed by atoms with Crippen LogP contribution in [-0.4, -0.2) is 54.2 Å². The zero-order chi connectivity index (χ0) is 12.8. The second-order valence-corrected chi connectivity index (χ2v) is 4.82. The number of rotatable bonds is 5. The van der Waals surface area contributed by atoms with Gasteiger partial charge in [0.05, 0.1) is 0 Å². The summed E-state index contributed by atoms with van der Waals surface area (Å²) in [6.45, 7) is 6.36. The zero-order valence-corrected chi connectivity index (χ0v) is 10.7. The van der Waals surface area contributed by atoms with Crippen molar-refractivity contribution in [2.75, 3.05) is 39.3 Å². The average Bonchev–Trinajstić information content (AvgIpc) is 2.41. The number of aliphatic hydroxyl groups is 1. The maximum absolute atomic E-state index is 12.8. The first-order valence-corrected chi connectivity index (χ1v) is 6.58. The van der Waals surface area contributed by atoms with Crippen molar-refractivity contribution in [3.05, 3.63) is 35.6 Å². The van der Waals surface area contributed by atoms with E-state index in [0.29, 0.717) is 0 Å². The van der Waals surface area contributed by atoms with Crippen LogP contribution in [0.4, 0.5) is 4.39 Å². The van der Waals surface area contributed by atoms with Crippen LogP contribution in [0.25, 0.3) is 0 Å². The summed E-state index contributed by atoms with van der Waals surface area (Å²) in [6, 6.07) is 6.75. The van der Waals surface area contributed by atoms with Crippen molar-refractivity contribution in [3.8, 4) is 0 Å². The smallest absolute Gasteiger partial charge is 0.123 e. The summed E-state index contributed by atoms with van der Waals surface area (Å²) in [6.07, 6.45) is 0.859. The van der Waals surface area contributed by atoms with Crippen molar-refractivity contribution >= 4 is 0 Å². The van der Waals surface area contributed by atoms with Crippen LogP contribution in [0.5, 0.6) is 0 Å². The van der Waals surface area contributed by atoms with Crippen LogP contribution in [-0.2, 0) is 6.54 Å². The van der Waals surface area contributed by atoms with Crippen molar-refractivity contribution in [1.29, 1.82) is 0 Å². The molecule has 0 aromatic heterocycles. The molecule has 1 aromatic carbocycles. The Morgan fingerprint density at radius 2 is 1.61 bits per heavy atom. The Morgan fingerprint density at radius 3 is 2.22 bits per heavy atom. The summed E-state index contributed by atoms with van der Waals surface area (Å²) in [5, 5.41) is 8.80. The Morgan fingerprint density at radius 1 is 1.00 bits per heavy atom. The normalized spacial score (nSPS) is 18.1. The molecule has 1 aliphatic rings. The van der Waals surface area contributed by atoms with Crippen LogP contribution in [0, 0.1) is 5.82 Å². The van der Waals surface area contributed by atoms with Gasteiger partial charge in [-0.05, 0) is 24.1 Å². The molecule has 0 spiro atoms. The van der Waals surface area contributed by atoms with E-state index in [1.165, 1.54) is 17.7 Å². The minimum atomic E-state index is -0.174. The lowest BCUT2D eigenvalue weighted by atomic mass is 10.2. The first-order chi connectivity index (χ1) is 8.78. The van der Waals surface area contributed by atoms with Crippen LogP contribution in [0.15, 0.2) is 24.3 Å². The zero-order valence-electron chi connectivity index (χ0n) is 10.7. The summed E-state index contributed by atoms with van der Waals surface area (Å²) in [7, 11) is 0. The lowest BCUT2D eigenvalue weighted by molar-refractivity contribution is 0.120. The van der Waals surface area contributed by atoms with E-state index in [1.54, 1.807) is 0 Å². The van der Waals surface area contributed by atoms with E-state index in [2.05, 4.69) is 9.80 Å². The lowest BCUT2D eigenvalue weighted by Crippen LogP contribution is -2.46. The maximum atomic E-state index is 12.8. The van der Waals surface area contributed by atoms with Gasteiger partial charge >= 0.3 is 0 Å². The first kappa shape index (κ1) is 13.5. The van der Waals surface area contributed by atoms with Crippen molar-refractivity contribution in [3.63, 3.8) is 0 Å². The highest BCUT2D eigenvalue weighted by Gasteiger charge is 2.16. The number of aliphatic hydroxyl groups excluding tert-OH is 1. The molecule has 18 heavy (non-hydrogen) atoms. The number of hydrogen-bond acceptors (Lipinski definition) is 3. The molecule has 1 aliphatic heterocycles. The molecule has 4 heteroatoms. The molecule has 1 fully saturated rings. The molecule has 3 nitrogen and oxygen atoms in total. The van der Waals surface area contributed by atoms with Gasteiger partial charge in [-0.15, -0.1) is 0 Å². The van der Waals surface area contributed by atoms with Gasteiger partial charge in [0.1, 0.15) is 5.82 Å². The number of hydrogen-bond donors (Lipinski definition) is 1. The first-order valence-electron chi connectivity index (χ1n) is 6.58. The van der Waals surface area contributed by atoms with E-state index in [9.17, 15) is 4.39 Å². The predicted octanol–water partition coefficient (Wildman–Crippen LogP) is 1.33. The molecule has 0 radical (unpaired) electrons. The minimum Gasteiger partial charge on any atom is -0.396 e. The molecule has 1 aromatic rings. The van der Waals surface area contributed by atoms with Crippen molar-refractivity contribution < 1.29 is 9.50 Å². The van der Waals surface area contributed by atoms with Gasteiger partial charge in [-0.1, -0.05) is 12.1 Å². The molecular formula is C14H21FN2O. The van der Waals surface area contributed by atoms with E-state index >= 15 is 0 Å². The van der Waals surface area contributed by atoms with Crippen LogP contribution in [0.3, 0.4) is 0 Å². The average molecular weight is 252 g/mol. The fraction of sp³-hybridized carbons (Fsp3) is 0.571. The minimum absolute atomic E-state index is 0.174. The summed E-state index contributed by atoms with van der Waals surface area (Å²) >= 11 is 0. The van der Waals surface area contributed by atoms with E-state index in [-0.39, 0.29) is 12.4 Å². The van der Waals surface area contributed by atoms with Gasteiger partial charge in [-0.2, -0.15) is 0 Å². The third-order valence-electron chi connectivity index (χ3n) is 3.42. The third-order valence-corrected chi connectivity index (χ3v) is 3.42. The van der Waals surface area contributed by atoms with Crippen LogP contribution in [0.1, 0.15) is 12.0 Å². The van der Waals surface area contributed by atoms with Gasteiger partial charge in [-0.3, -0.25) is 4.90 Å². The monoisotopic (exact) mass is 252 g/mol. The third kappa shape index (κ3) is 4.05. The molecule has 0 saturated carbocycles. The molecule has 0 bridgehead atoms. The lowest BCUT2D eigenvalue weighted by Gasteiger charge is -2.34. The van der Waals surface area contributed by atoms with Gasteiger partial charge in [0.15, 0.2) is 0 Å². The summed E-state index contributed by atoms with van der Waals surface area (Å²) in [5.74, 6) is -0.174. The quantitative estimate of drug-likeness (QED) is 0.856. The second kappa shape index (κ2) is 6.83. The molecule has 0 unspecified atom stereocenters. The van der Waals surface area contributed by atoms with Gasteiger partial charge in [0.25, 0.3) is 0 Å². The van der Waals surface area contributed by atoms with Crippen LogP contribution >= 0.6 is 0 Å². The molecule has 0 aliphatic carbocycles. The van der Waals surface area contributed by atoms with Gasteiger partial charge in [-0.25, -0.2) is 4.39 Å². The summed E-state index contributed by atoms with van der Waals surface area (Å²) < 4.78 is 12.8. The molecule has 1 saturated heterocycles. The Kier molecular flexibility index (Phi) is 5.11. The number of halogens is 1. The Bertz CT molecular complexity index is 347. The van der Waals surface area contributed by atoms with E-state index in [0.717, 1.165) is 45.7 Å². The van der Waals surface area contributed by atoms with E-state index in [1.807, 2.05) is 12.1 Å². The van der Waals surface area contributed by atoms with Crippen molar-refractivity contribution in [2.45, 2.75) is 13.0 Å². The molecule has 1 N–H and O–H groups in total. The molecule has 0 atom stereocenters. The summed E-state index contributed by atoms with van der Waals surface area (Å²) in [5.41, 5.74) is 1.17.